The second-order valence-corrected chi connectivity index (χ2v) is 6.02. The molecule has 2 heterocycles. The number of nitrogens with zero attached hydrogens (tertiary/aromatic N) is 1. The van der Waals surface area contributed by atoms with E-state index in [2.05, 4.69) is 21.8 Å². The predicted octanol–water partition coefficient (Wildman–Crippen LogP) is 3.62. The standard InChI is InChI=1S/C18H12F2N2OS/c1-11-22-14(10-24-11)5-3-12-4-6-17(21-9-12)15-7-13(19)8-16(20)18(15)23-2/h4,6-10H,1-2H3/p+1. The van der Waals surface area contributed by atoms with Crippen LogP contribution in [0.4, 0.5) is 8.78 Å². The molecule has 6 heteroatoms. The van der Waals surface area contributed by atoms with Crippen molar-refractivity contribution in [1.82, 2.24) is 4.98 Å². The van der Waals surface area contributed by atoms with Gasteiger partial charge in [0, 0.05) is 17.5 Å². The van der Waals surface area contributed by atoms with Gasteiger partial charge in [0.2, 0.25) is 5.69 Å². The molecule has 0 radical (unpaired) electrons. The minimum Gasteiger partial charge on any atom is -0.493 e. The van der Waals surface area contributed by atoms with Crippen LogP contribution in [0.2, 0.25) is 0 Å². The van der Waals surface area contributed by atoms with Gasteiger partial charge in [-0.15, -0.1) is 11.3 Å². The Morgan fingerprint density at radius 1 is 1.21 bits per heavy atom. The minimum atomic E-state index is -0.747. The summed E-state index contributed by atoms with van der Waals surface area (Å²) < 4.78 is 32.3. The molecule has 0 unspecified atom stereocenters. The highest BCUT2D eigenvalue weighted by Gasteiger charge is 2.17. The lowest BCUT2D eigenvalue weighted by Gasteiger charge is -2.06. The van der Waals surface area contributed by atoms with E-state index in [4.69, 9.17) is 4.74 Å². The number of rotatable bonds is 2. The maximum absolute atomic E-state index is 13.8. The van der Waals surface area contributed by atoms with Gasteiger partial charge in [-0.05, 0) is 25.0 Å². The van der Waals surface area contributed by atoms with Gasteiger partial charge in [0.05, 0.1) is 23.2 Å². The first-order valence-electron chi connectivity index (χ1n) is 7.06. The molecule has 0 saturated carbocycles. The number of pyridine rings is 1. The molecule has 0 aliphatic carbocycles. The summed E-state index contributed by atoms with van der Waals surface area (Å²) in [5.41, 5.74) is 2.29. The van der Waals surface area contributed by atoms with E-state index in [-0.39, 0.29) is 5.75 Å². The molecule has 0 bridgehead atoms. The van der Waals surface area contributed by atoms with Gasteiger partial charge in [0.1, 0.15) is 11.5 Å². The van der Waals surface area contributed by atoms with Crippen molar-refractivity contribution < 1.29 is 18.5 Å². The highest BCUT2D eigenvalue weighted by Crippen LogP contribution is 2.31. The topological polar surface area (TPSA) is 36.3 Å². The quantitative estimate of drug-likeness (QED) is 0.667. The number of methoxy groups -OCH3 is 1. The Labute approximate surface area is 142 Å². The van der Waals surface area contributed by atoms with Gasteiger partial charge in [0.15, 0.2) is 17.8 Å². The van der Waals surface area contributed by atoms with Crippen molar-refractivity contribution in [3.05, 3.63) is 63.7 Å². The molecule has 0 fully saturated rings. The van der Waals surface area contributed by atoms with Crippen LogP contribution in [0.1, 0.15) is 16.3 Å². The molecule has 120 valence electrons. The molecule has 0 aliphatic rings. The summed E-state index contributed by atoms with van der Waals surface area (Å²) in [5.74, 6) is 4.53. The molecule has 0 aliphatic heterocycles. The van der Waals surface area contributed by atoms with E-state index in [1.54, 1.807) is 18.3 Å². The van der Waals surface area contributed by atoms with Gasteiger partial charge in [-0.25, -0.2) is 18.7 Å². The fourth-order valence-electron chi connectivity index (χ4n) is 2.20. The average Bonchev–Trinajstić information content (AvgIpc) is 2.98. The van der Waals surface area contributed by atoms with Crippen molar-refractivity contribution >= 4 is 11.3 Å². The monoisotopic (exact) mass is 343 g/mol. The number of H-pyrrole nitrogens is 1. The van der Waals surface area contributed by atoms with Crippen molar-refractivity contribution in [1.29, 1.82) is 0 Å². The Bertz CT molecular complexity index is 940. The van der Waals surface area contributed by atoms with E-state index in [9.17, 15) is 8.78 Å². The number of thiazole rings is 1. The molecule has 1 aromatic carbocycles. The van der Waals surface area contributed by atoms with Crippen LogP contribution in [-0.2, 0) is 0 Å². The normalized spacial score (nSPS) is 10.2. The Kier molecular flexibility index (Phi) is 4.54. The van der Waals surface area contributed by atoms with E-state index < -0.39 is 11.6 Å². The van der Waals surface area contributed by atoms with Crippen molar-refractivity contribution in [2.24, 2.45) is 0 Å². The van der Waals surface area contributed by atoms with Gasteiger partial charge < -0.3 is 4.74 Å². The summed E-state index contributed by atoms with van der Waals surface area (Å²) in [6.45, 7) is 1.92. The number of benzene rings is 1. The van der Waals surface area contributed by atoms with Crippen LogP contribution in [0.5, 0.6) is 5.75 Å². The Morgan fingerprint density at radius 2 is 2.04 bits per heavy atom. The summed E-state index contributed by atoms with van der Waals surface area (Å²) in [7, 11) is 1.34. The highest BCUT2D eigenvalue weighted by atomic mass is 32.1. The third-order valence-corrected chi connectivity index (χ3v) is 4.04. The van der Waals surface area contributed by atoms with Crippen LogP contribution in [-0.4, -0.2) is 12.1 Å². The smallest absolute Gasteiger partial charge is 0.214 e. The summed E-state index contributed by atoms with van der Waals surface area (Å²) in [5, 5.41) is 2.85. The van der Waals surface area contributed by atoms with Crippen LogP contribution >= 0.6 is 11.3 Å². The largest absolute Gasteiger partial charge is 0.493 e. The molecule has 3 rings (SSSR count). The first-order chi connectivity index (χ1) is 11.6. The Balaban J connectivity index is 1.92. The molecule has 3 nitrogen and oxygen atoms in total. The molecular formula is C18H13F2N2OS+. The fourth-order valence-corrected chi connectivity index (χ4v) is 2.74. The molecule has 24 heavy (non-hydrogen) atoms. The third-order valence-electron chi connectivity index (χ3n) is 3.27. The fraction of sp³-hybridized carbons (Fsp3) is 0.111. The second kappa shape index (κ2) is 6.77. The summed E-state index contributed by atoms with van der Waals surface area (Å²) in [6, 6.07) is 5.47. The molecule has 0 spiro atoms. The third kappa shape index (κ3) is 3.42. The van der Waals surface area contributed by atoms with Crippen molar-refractivity contribution in [3.63, 3.8) is 0 Å². The Hall–Kier alpha value is -2.78. The van der Waals surface area contributed by atoms with Crippen LogP contribution in [0, 0.1) is 30.4 Å². The van der Waals surface area contributed by atoms with Crippen molar-refractivity contribution in [3.8, 4) is 28.8 Å². The zero-order valence-corrected chi connectivity index (χ0v) is 13.8. The second-order valence-electron chi connectivity index (χ2n) is 4.96. The van der Waals surface area contributed by atoms with Crippen LogP contribution in [0.15, 0.2) is 35.8 Å². The molecule has 0 saturated heterocycles. The number of nitrogens with one attached hydrogen (secondary N) is 1. The number of hydrogen-bond acceptors (Lipinski definition) is 3. The van der Waals surface area contributed by atoms with Crippen molar-refractivity contribution in [2.45, 2.75) is 6.92 Å². The SMILES string of the molecule is COc1c(F)cc(F)cc1-c1ccc(C#Cc2csc(C)n2)c[nH+]1. The van der Waals surface area contributed by atoms with Gasteiger partial charge in [0.25, 0.3) is 0 Å². The lowest BCUT2D eigenvalue weighted by atomic mass is 10.1. The molecule has 2 aromatic heterocycles. The number of aromatic amines is 1. The zero-order chi connectivity index (χ0) is 17.1. The number of aromatic nitrogens is 2. The van der Waals surface area contributed by atoms with E-state index >= 15 is 0 Å². The number of halogens is 2. The highest BCUT2D eigenvalue weighted by molar-refractivity contribution is 7.09. The van der Waals surface area contributed by atoms with Crippen LogP contribution < -0.4 is 9.72 Å². The van der Waals surface area contributed by atoms with E-state index in [1.165, 1.54) is 24.5 Å². The van der Waals surface area contributed by atoms with Crippen LogP contribution in [0.25, 0.3) is 11.3 Å². The molecule has 1 N–H and O–H groups in total. The zero-order valence-electron chi connectivity index (χ0n) is 13.0. The van der Waals surface area contributed by atoms with Gasteiger partial charge in [-0.1, -0.05) is 5.92 Å². The summed E-state index contributed by atoms with van der Waals surface area (Å²) >= 11 is 1.54. The number of aryl methyl sites for hydroxylation is 1. The molecular weight excluding hydrogens is 330 g/mol. The molecule has 0 atom stereocenters. The number of hydrogen-bond donors (Lipinski definition) is 0. The van der Waals surface area contributed by atoms with E-state index in [1.807, 2.05) is 12.3 Å². The van der Waals surface area contributed by atoms with E-state index in [0.29, 0.717) is 11.3 Å². The van der Waals surface area contributed by atoms with E-state index in [0.717, 1.165) is 22.3 Å². The lowest BCUT2D eigenvalue weighted by molar-refractivity contribution is -0.365. The maximum atomic E-state index is 13.8. The van der Waals surface area contributed by atoms with Gasteiger partial charge >= 0.3 is 0 Å². The Morgan fingerprint density at radius 3 is 2.67 bits per heavy atom. The first kappa shape index (κ1) is 16.1. The van der Waals surface area contributed by atoms with Gasteiger partial charge in [-0.3, -0.25) is 0 Å². The maximum Gasteiger partial charge on any atom is 0.214 e. The minimum absolute atomic E-state index is 0.00978. The first-order valence-corrected chi connectivity index (χ1v) is 7.94. The molecule has 0 amide bonds. The lowest BCUT2D eigenvalue weighted by Crippen LogP contribution is -2.08. The average molecular weight is 343 g/mol. The van der Waals surface area contributed by atoms with Crippen molar-refractivity contribution in [2.75, 3.05) is 7.11 Å². The predicted molar refractivity (Wildman–Crippen MR) is 87.7 cm³/mol. The number of ether oxygens (including phenoxy) is 1. The van der Waals surface area contributed by atoms with Gasteiger partial charge in [-0.2, -0.15) is 0 Å². The van der Waals surface area contributed by atoms with Crippen LogP contribution in [0.3, 0.4) is 0 Å². The summed E-state index contributed by atoms with van der Waals surface area (Å²) in [6.07, 6.45) is 1.67. The molecule has 3 aromatic rings. The summed E-state index contributed by atoms with van der Waals surface area (Å²) in [4.78, 5) is 7.26.